The second-order valence-corrected chi connectivity index (χ2v) is 5.80. The number of hydrogen-bond donors (Lipinski definition) is 3. The number of rotatable bonds is 11. The molecule has 0 aliphatic carbocycles. The average Bonchev–Trinajstić information content (AvgIpc) is 3.13. The van der Waals surface area contributed by atoms with Crippen LogP contribution in [0.25, 0.3) is 0 Å². The molecule has 1 aromatic rings. The summed E-state index contributed by atoms with van der Waals surface area (Å²) in [5, 5.41) is 9.30. The summed E-state index contributed by atoms with van der Waals surface area (Å²) < 4.78 is 5.05. The van der Waals surface area contributed by atoms with Gasteiger partial charge in [0.25, 0.3) is 5.91 Å². The number of nitrogens with one attached hydrogen (secondary N) is 3. The Morgan fingerprint density at radius 1 is 1.20 bits per heavy atom. The van der Waals surface area contributed by atoms with E-state index < -0.39 is 0 Å². The van der Waals surface area contributed by atoms with Crippen LogP contribution in [-0.4, -0.2) is 38.0 Å². The van der Waals surface area contributed by atoms with Gasteiger partial charge in [0.2, 0.25) is 0 Å². The lowest BCUT2D eigenvalue weighted by molar-refractivity contribution is 0.0926. The van der Waals surface area contributed by atoms with Gasteiger partial charge in [0.15, 0.2) is 11.7 Å². The molecule has 0 spiro atoms. The van der Waals surface area contributed by atoms with Crippen LogP contribution >= 0.6 is 24.0 Å². The molecule has 0 bridgehead atoms. The van der Waals surface area contributed by atoms with Crippen LogP contribution in [0.5, 0.6) is 0 Å². The molecule has 0 fully saturated rings. The largest absolute Gasteiger partial charge is 0.459 e. The van der Waals surface area contributed by atoms with E-state index in [1.807, 2.05) is 6.92 Å². The van der Waals surface area contributed by atoms with Crippen molar-refractivity contribution in [2.45, 2.75) is 46.5 Å². The van der Waals surface area contributed by atoms with Crippen molar-refractivity contribution in [1.29, 1.82) is 0 Å². The minimum Gasteiger partial charge on any atom is -0.459 e. The SMILES string of the molecule is CCCCC(CC)CN=C(NCC)NCCNC(=O)c1ccco1.I. The van der Waals surface area contributed by atoms with E-state index in [9.17, 15) is 4.79 Å². The maximum atomic E-state index is 11.8. The van der Waals surface area contributed by atoms with Gasteiger partial charge in [0.1, 0.15) is 0 Å². The zero-order chi connectivity index (χ0) is 17.6. The maximum Gasteiger partial charge on any atom is 0.287 e. The Labute approximate surface area is 168 Å². The van der Waals surface area contributed by atoms with Gasteiger partial charge in [-0.25, -0.2) is 0 Å². The van der Waals surface area contributed by atoms with Crippen LogP contribution in [-0.2, 0) is 0 Å². The van der Waals surface area contributed by atoms with Crippen LogP contribution in [0.1, 0.15) is 57.0 Å². The lowest BCUT2D eigenvalue weighted by Crippen LogP contribution is -2.41. The fourth-order valence-corrected chi connectivity index (χ4v) is 2.33. The molecule has 0 saturated heterocycles. The van der Waals surface area contributed by atoms with Gasteiger partial charge in [0, 0.05) is 26.2 Å². The monoisotopic (exact) mass is 464 g/mol. The highest BCUT2D eigenvalue weighted by Crippen LogP contribution is 2.12. The van der Waals surface area contributed by atoms with Gasteiger partial charge in [-0.05, 0) is 31.4 Å². The Bertz CT molecular complexity index is 477. The van der Waals surface area contributed by atoms with Crippen LogP contribution in [0, 0.1) is 5.92 Å². The number of furan rings is 1. The minimum atomic E-state index is -0.200. The Kier molecular flexibility index (Phi) is 14.3. The zero-order valence-corrected chi connectivity index (χ0v) is 18.0. The van der Waals surface area contributed by atoms with Crippen molar-refractivity contribution in [3.8, 4) is 0 Å². The van der Waals surface area contributed by atoms with Gasteiger partial charge in [0.05, 0.1) is 6.26 Å². The van der Waals surface area contributed by atoms with Crippen LogP contribution in [0.4, 0.5) is 0 Å². The Balaban J connectivity index is 0.00000576. The number of guanidine groups is 1. The first-order chi connectivity index (χ1) is 11.7. The highest BCUT2D eigenvalue weighted by atomic mass is 127. The lowest BCUT2D eigenvalue weighted by Gasteiger charge is -2.15. The van der Waals surface area contributed by atoms with Gasteiger partial charge in [-0.1, -0.05) is 33.1 Å². The first-order valence-electron chi connectivity index (χ1n) is 9.05. The Morgan fingerprint density at radius 3 is 2.56 bits per heavy atom. The summed E-state index contributed by atoms with van der Waals surface area (Å²) in [6.07, 6.45) is 6.37. The zero-order valence-electron chi connectivity index (χ0n) is 15.6. The first kappa shape index (κ1) is 23.8. The summed E-state index contributed by atoms with van der Waals surface area (Å²) in [6.45, 7) is 9.27. The molecule has 0 saturated carbocycles. The van der Waals surface area contributed by atoms with E-state index >= 15 is 0 Å². The fourth-order valence-electron chi connectivity index (χ4n) is 2.33. The van der Waals surface area contributed by atoms with E-state index in [1.54, 1.807) is 12.1 Å². The number of halogens is 1. The number of amides is 1. The van der Waals surface area contributed by atoms with Crippen LogP contribution in [0.15, 0.2) is 27.8 Å². The quantitative estimate of drug-likeness (QED) is 0.203. The van der Waals surface area contributed by atoms with Gasteiger partial charge >= 0.3 is 0 Å². The van der Waals surface area contributed by atoms with Gasteiger partial charge < -0.3 is 20.4 Å². The normalized spacial score (nSPS) is 12.2. The van der Waals surface area contributed by atoms with E-state index in [4.69, 9.17) is 4.42 Å². The molecule has 0 aliphatic rings. The third-order valence-electron chi connectivity index (χ3n) is 3.84. The minimum absolute atomic E-state index is 0. The lowest BCUT2D eigenvalue weighted by atomic mass is 10.00. The second-order valence-electron chi connectivity index (χ2n) is 5.80. The third-order valence-corrected chi connectivity index (χ3v) is 3.84. The number of carbonyl (C=O) groups is 1. The number of carbonyl (C=O) groups excluding carboxylic acids is 1. The molecule has 0 aromatic carbocycles. The summed E-state index contributed by atoms with van der Waals surface area (Å²) in [5.41, 5.74) is 0. The second kappa shape index (κ2) is 15.0. The van der Waals surface area contributed by atoms with Crippen LogP contribution in [0.3, 0.4) is 0 Å². The molecule has 1 atom stereocenters. The standard InChI is InChI=1S/C18H32N4O2.HI/c1-4-7-9-15(5-2)14-22-18(19-6-3)21-12-11-20-17(23)16-10-8-13-24-16;/h8,10,13,15H,4-7,9,11-12,14H2,1-3H3,(H,20,23)(H2,19,21,22);1H. The summed E-state index contributed by atoms with van der Waals surface area (Å²) in [4.78, 5) is 16.4. The summed E-state index contributed by atoms with van der Waals surface area (Å²) >= 11 is 0. The molecule has 144 valence electrons. The van der Waals surface area contributed by atoms with E-state index in [0.29, 0.717) is 24.8 Å². The first-order valence-corrected chi connectivity index (χ1v) is 9.05. The highest BCUT2D eigenvalue weighted by Gasteiger charge is 2.08. The number of aliphatic imine (C=N–C) groups is 1. The maximum absolute atomic E-state index is 11.8. The van der Waals surface area contributed by atoms with Crippen LogP contribution in [0.2, 0.25) is 0 Å². The van der Waals surface area contributed by atoms with Gasteiger partial charge in [-0.2, -0.15) is 0 Å². The van der Waals surface area contributed by atoms with E-state index in [1.165, 1.54) is 25.5 Å². The Morgan fingerprint density at radius 2 is 1.96 bits per heavy atom. The van der Waals surface area contributed by atoms with E-state index in [0.717, 1.165) is 25.5 Å². The molecule has 3 N–H and O–H groups in total. The summed E-state index contributed by atoms with van der Waals surface area (Å²) in [6, 6.07) is 3.35. The Hall–Kier alpha value is -1.25. The van der Waals surface area contributed by atoms with Crippen molar-refractivity contribution in [1.82, 2.24) is 16.0 Å². The third kappa shape index (κ3) is 10.4. The number of nitrogens with zero attached hydrogens (tertiary/aromatic N) is 1. The predicted octanol–water partition coefficient (Wildman–Crippen LogP) is 3.40. The number of unbranched alkanes of at least 4 members (excludes halogenated alkanes) is 1. The van der Waals surface area contributed by atoms with Crippen molar-refractivity contribution in [2.75, 3.05) is 26.2 Å². The average molecular weight is 464 g/mol. The molecule has 1 heterocycles. The molecular weight excluding hydrogens is 431 g/mol. The number of hydrogen-bond acceptors (Lipinski definition) is 3. The fraction of sp³-hybridized carbons (Fsp3) is 0.667. The summed E-state index contributed by atoms with van der Waals surface area (Å²) in [7, 11) is 0. The van der Waals surface area contributed by atoms with E-state index in [2.05, 4.69) is 34.8 Å². The molecule has 0 aliphatic heterocycles. The topological polar surface area (TPSA) is 78.7 Å². The van der Waals surface area contributed by atoms with Crippen molar-refractivity contribution >= 4 is 35.8 Å². The van der Waals surface area contributed by atoms with Crippen molar-refractivity contribution < 1.29 is 9.21 Å². The van der Waals surface area contributed by atoms with Gasteiger partial charge in [-0.3, -0.25) is 9.79 Å². The van der Waals surface area contributed by atoms with Crippen molar-refractivity contribution in [3.63, 3.8) is 0 Å². The predicted molar refractivity (Wildman–Crippen MR) is 114 cm³/mol. The van der Waals surface area contributed by atoms with E-state index in [-0.39, 0.29) is 29.9 Å². The molecule has 7 heteroatoms. The van der Waals surface area contributed by atoms with Crippen molar-refractivity contribution in [3.05, 3.63) is 24.2 Å². The molecule has 1 unspecified atom stereocenters. The molecule has 1 aromatic heterocycles. The molecular formula is C18H33IN4O2. The molecule has 6 nitrogen and oxygen atoms in total. The molecule has 1 amide bonds. The molecule has 1 rings (SSSR count). The van der Waals surface area contributed by atoms with Gasteiger partial charge in [-0.15, -0.1) is 24.0 Å². The van der Waals surface area contributed by atoms with Crippen molar-refractivity contribution in [2.24, 2.45) is 10.9 Å². The molecule has 25 heavy (non-hydrogen) atoms. The highest BCUT2D eigenvalue weighted by molar-refractivity contribution is 14.0. The molecule has 0 radical (unpaired) electrons. The van der Waals surface area contributed by atoms with Crippen LogP contribution < -0.4 is 16.0 Å². The summed E-state index contributed by atoms with van der Waals surface area (Å²) in [5.74, 6) is 1.57. The smallest absolute Gasteiger partial charge is 0.287 e.